The monoisotopic (exact) mass is 201 g/mol. The molecule has 3 heteroatoms. The number of aliphatic hydroxyl groups is 2. The van der Waals surface area contributed by atoms with Crippen LogP contribution in [0.5, 0.6) is 0 Å². The Balaban J connectivity index is 2.17. The molecule has 0 aromatic rings. The smallest absolute Gasteiger partial charge is 0.0664 e. The van der Waals surface area contributed by atoms with Gasteiger partial charge in [-0.15, -0.1) is 0 Å². The fourth-order valence-corrected chi connectivity index (χ4v) is 1.69. The highest BCUT2D eigenvalue weighted by atomic mass is 16.3. The van der Waals surface area contributed by atoms with Gasteiger partial charge in [0.1, 0.15) is 0 Å². The van der Waals surface area contributed by atoms with Gasteiger partial charge in [0.2, 0.25) is 0 Å². The van der Waals surface area contributed by atoms with Crippen LogP contribution in [-0.2, 0) is 0 Å². The summed E-state index contributed by atoms with van der Waals surface area (Å²) in [4.78, 5) is 2.38. The van der Waals surface area contributed by atoms with Crippen molar-refractivity contribution in [2.45, 2.75) is 51.2 Å². The molecule has 1 saturated carbocycles. The van der Waals surface area contributed by atoms with Crippen LogP contribution in [0.4, 0.5) is 0 Å². The molecular weight excluding hydrogens is 178 g/mol. The molecule has 0 aromatic carbocycles. The van der Waals surface area contributed by atoms with Crippen LogP contribution in [0.2, 0.25) is 0 Å². The summed E-state index contributed by atoms with van der Waals surface area (Å²) in [5.41, 5.74) is 0. The molecule has 0 aromatic heterocycles. The predicted molar refractivity (Wildman–Crippen MR) is 57.2 cm³/mol. The lowest BCUT2D eigenvalue weighted by atomic mass is 10.2. The Morgan fingerprint density at radius 2 is 2.07 bits per heavy atom. The number of aliphatic hydroxyl groups excluding tert-OH is 2. The van der Waals surface area contributed by atoms with Crippen LogP contribution in [0.15, 0.2) is 0 Å². The third-order valence-corrected chi connectivity index (χ3v) is 2.83. The van der Waals surface area contributed by atoms with Crippen molar-refractivity contribution >= 4 is 0 Å². The Labute approximate surface area is 86.7 Å². The van der Waals surface area contributed by atoms with Gasteiger partial charge in [0.15, 0.2) is 0 Å². The maximum atomic E-state index is 9.57. The van der Waals surface area contributed by atoms with Gasteiger partial charge in [-0.25, -0.2) is 0 Å². The van der Waals surface area contributed by atoms with Crippen LogP contribution in [0.25, 0.3) is 0 Å². The van der Waals surface area contributed by atoms with Crippen LogP contribution in [-0.4, -0.2) is 47.0 Å². The molecule has 0 bridgehead atoms. The lowest BCUT2D eigenvalue weighted by molar-refractivity contribution is 0.103. The van der Waals surface area contributed by atoms with E-state index in [2.05, 4.69) is 4.90 Å². The second kappa shape index (κ2) is 6.38. The van der Waals surface area contributed by atoms with Gasteiger partial charge in [0, 0.05) is 19.2 Å². The summed E-state index contributed by atoms with van der Waals surface area (Å²) in [6.45, 7) is 4.15. The van der Waals surface area contributed by atoms with Gasteiger partial charge in [-0.1, -0.05) is 6.92 Å². The first-order chi connectivity index (χ1) is 6.77. The summed E-state index contributed by atoms with van der Waals surface area (Å²) in [6, 6.07) is 0.717. The van der Waals surface area contributed by atoms with E-state index in [4.69, 9.17) is 5.11 Å². The first-order valence-electron chi connectivity index (χ1n) is 5.81. The zero-order valence-electron chi connectivity index (χ0n) is 9.15. The molecule has 0 amide bonds. The quantitative estimate of drug-likeness (QED) is 0.576. The van der Waals surface area contributed by atoms with E-state index in [0.29, 0.717) is 0 Å². The Morgan fingerprint density at radius 1 is 1.36 bits per heavy atom. The maximum absolute atomic E-state index is 9.57. The lowest BCUT2D eigenvalue weighted by Gasteiger charge is -2.24. The van der Waals surface area contributed by atoms with Gasteiger partial charge < -0.3 is 10.2 Å². The lowest BCUT2D eigenvalue weighted by Crippen LogP contribution is -2.34. The van der Waals surface area contributed by atoms with Crippen molar-refractivity contribution in [3.63, 3.8) is 0 Å². The molecular formula is C11H23NO2. The SMILES string of the molecule is CCC(O)CN(CCCCO)C1CC1. The molecule has 1 rings (SSSR count). The van der Waals surface area contributed by atoms with Crippen molar-refractivity contribution in [1.29, 1.82) is 0 Å². The molecule has 0 spiro atoms. The molecule has 1 aliphatic carbocycles. The van der Waals surface area contributed by atoms with Gasteiger partial charge in [-0.05, 0) is 38.6 Å². The second-order valence-corrected chi connectivity index (χ2v) is 4.22. The van der Waals surface area contributed by atoms with E-state index >= 15 is 0 Å². The summed E-state index contributed by atoms with van der Waals surface area (Å²) >= 11 is 0. The first-order valence-corrected chi connectivity index (χ1v) is 5.81. The molecule has 1 unspecified atom stereocenters. The third-order valence-electron chi connectivity index (χ3n) is 2.83. The summed E-state index contributed by atoms with van der Waals surface area (Å²) in [5, 5.41) is 18.3. The Kier molecular flexibility index (Phi) is 5.45. The maximum Gasteiger partial charge on any atom is 0.0664 e. The van der Waals surface area contributed by atoms with Gasteiger partial charge in [0.25, 0.3) is 0 Å². The molecule has 1 fully saturated rings. The van der Waals surface area contributed by atoms with E-state index in [-0.39, 0.29) is 12.7 Å². The molecule has 1 aliphatic rings. The highest BCUT2D eigenvalue weighted by Gasteiger charge is 2.29. The van der Waals surface area contributed by atoms with Crippen LogP contribution in [0, 0.1) is 0 Å². The molecule has 14 heavy (non-hydrogen) atoms. The molecule has 2 N–H and O–H groups in total. The van der Waals surface area contributed by atoms with Crippen LogP contribution >= 0.6 is 0 Å². The van der Waals surface area contributed by atoms with Crippen molar-refractivity contribution < 1.29 is 10.2 Å². The highest BCUT2D eigenvalue weighted by Crippen LogP contribution is 2.27. The zero-order chi connectivity index (χ0) is 10.4. The largest absolute Gasteiger partial charge is 0.396 e. The average Bonchev–Trinajstić information content (AvgIpc) is 2.99. The van der Waals surface area contributed by atoms with Crippen LogP contribution in [0.1, 0.15) is 39.0 Å². The van der Waals surface area contributed by atoms with E-state index in [0.717, 1.165) is 38.4 Å². The summed E-state index contributed by atoms with van der Waals surface area (Å²) in [6.07, 6.45) is 5.16. The Bertz CT molecular complexity index is 148. The Morgan fingerprint density at radius 3 is 2.57 bits per heavy atom. The summed E-state index contributed by atoms with van der Waals surface area (Å²) in [7, 11) is 0. The number of unbranched alkanes of at least 4 members (excludes halogenated alkanes) is 1. The van der Waals surface area contributed by atoms with Crippen LogP contribution < -0.4 is 0 Å². The molecule has 3 nitrogen and oxygen atoms in total. The standard InChI is InChI=1S/C11H23NO2/c1-2-11(14)9-12(10-5-6-10)7-3-4-8-13/h10-11,13-14H,2-9H2,1H3. The Hall–Kier alpha value is -0.120. The van der Waals surface area contributed by atoms with Gasteiger partial charge in [-0.2, -0.15) is 0 Å². The number of hydrogen-bond donors (Lipinski definition) is 2. The minimum absolute atomic E-state index is 0.176. The molecule has 84 valence electrons. The van der Waals surface area contributed by atoms with E-state index in [1.807, 2.05) is 6.92 Å². The average molecular weight is 201 g/mol. The normalized spacial score (nSPS) is 18.9. The predicted octanol–water partition coefficient (Wildman–Crippen LogP) is 0.994. The molecule has 0 saturated heterocycles. The zero-order valence-corrected chi connectivity index (χ0v) is 9.15. The van der Waals surface area contributed by atoms with Crippen molar-refractivity contribution in [1.82, 2.24) is 4.90 Å². The highest BCUT2D eigenvalue weighted by molar-refractivity contribution is 4.85. The summed E-state index contributed by atoms with van der Waals surface area (Å²) < 4.78 is 0. The number of hydrogen-bond acceptors (Lipinski definition) is 3. The fraction of sp³-hybridized carbons (Fsp3) is 1.00. The van der Waals surface area contributed by atoms with Gasteiger partial charge in [0.05, 0.1) is 6.10 Å². The van der Waals surface area contributed by atoms with E-state index in [9.17, 15) is 5.11 Å². The van der Waals surface area contributed by atoms with Crippen molar-refractivity contribution in [2.75, 3.05) is 19.7 Å². The second-order valence-electron chi connectivity index (χ2n) is 4.22. The minimum Gasteiger partial charge on any atom is -0.396 e. The minimum atomic E-state index is -0.176. The topological polar surface area (TPSA) is 43.7 Å². The molecule has 0 aliphatic heterocycles. The van der Waals surface area contributed by atoms with Crippen molar-refractivity contribution in [3.05, 3.63) is 0 Å². The van der Waals surface area contributed by atoms with Gasteiger partial charge in [-0.3, -0.25) is 4.90 Å². The van der Waals surface area contributed by atoms with Crippen molar-refractivity contribution in [3.8, 4) is 0 Å². The number of nitrogens with zero attached hydrogens (tertiary/aromatic N) is 1. The first kappa shape index (κ1) is 12.0. The van der Waals surface area contributed by atoms with Crippen LogP contribution in [0.3, 0.4) is 0 Å². The molecule has 1 atom stereocenters. The molecule has 0 radical (unpaired) electrons. The third kappa shape index (κ3) is 4.40. The summed E-state index contributed by atoms with van der Waals surface area (Å²) in [5.74, 6) is 0. The van der Waals surface area contributed by atoms with Crippen molar-refractivity contribution in [2.24, 2.45) is 0 Å². The molecule has 0 heterocycles. The van der Waals surface area contributed by atoms with Gasteiger partial charge >= 0.3 is 0 Å². The number of rotatable bonds is 8. The fourth-order valence-electron chi connectivity index (χ4n) is 1.69. The van der Waals surface area contributed by atoms with E-state index in [1.54, 1.807) is 0 Å². The van der Waals surface area contributed by atoms with E-state index < -0.39 is 0 Å². The van der Waals surface area contributed by atoms with E-state index in [1.165, 1.54) is 12.8 Å².